The molecule has 0 fully saturated rings. The SMILES string of the molecule is CCNC(Cc1cccc(C(F)(F)F)c1)C(OC)OC. The summed E-state index contributed by atoms with van der Waals surface area (Å²) in [6.45, 7) is 2.59. The Morgan fingerprint density at radius 2 is 1.85 bits per heavy atom. The van der Waals surface area contributed by atoms with Gasteiger partial charge in [-0.3, -0.25) is 0 Å². The van der Waals surface area contributed by atoms with Crippen LogP contribution in [-0.2, 0) is 22.1 Å². The van der Waals surface area contributed by atoms with Gasteiger partial charge in [-0.2, -0.15) is 13.2 Å². The first-order valence-electron chi connectivity index (χ1n) is 6.37. The van der Waals surface area contributed by atoms with Gasteiger partial charge in [-0.1, -0.05) is 25.1 Å². The second-order valence-electron chi connectivity index (χ2n) is 4.41. The molecule has 20 heavy (non-hydrogen) atoms. The summed E-state index contributed by atoms with van der Waals surface area (Å²) in [5, 5.41) is 3.16. The first-order chi connectivity index (χ1) is 9.42. The third-order valence-corrected chi connectivity index (χ3v) is 2.97. The Morgan fingerprint density at radius 3 is 2.35 bits per heavy atom. The molecule has 0 aliphatic carbocycles. The summed E-state index contributed by atoms with van der Waals surface area (Å²) in [4.78, 5) is 0. The third-order valence-electron chi connectivity index (χ3n) is 2.97. The van der Waals surface area contributed by atoms with Gasteiger partial charge < -0.3 is 14.8 Å². The molecule has 6 heteroatoms. The Hall–Kier alpha value is -1.11. The highest BCUT2D eigenvalue weighted by Crippen LogP contribution is 2.29. The van der Waals surface area contributed by atoms with Crippen molar-refractivity contribution in [2.45, 2.75) is 31.9 Å². The van der Waals surface area contributed by atoms with Crippen molar-refractivity contribution < 1.29 is 22.6 Å². The van der Waals surface area contributed by atoms with Gasteiger partial charge in [0.05, 0.1) is 11.6 Å². The molecule has 0 heterocycles. The average Bonchev–Trinajstić information content (AvgIpc) is 2.39. The van der Waals surface area contributed by atoms with Gasteiger partial charge >= 0.3 is 6.18 Å². The Bertz CT molecular complexity index is 406. The van der Waals surface area contributed by atoms with Crippen molar-refractivity contribution in [1.82, 2.24) is 5.32 Å². The number of nitrogens with one attached hydrogen (secondary N) is 1. The standard InChI is InChI=1S/C14H20F3NO2/c1-4-18-12(13(19-2)20-3)9-10-6-5-7-11(8-10)14(15,16)17/h5-8,12-13,18H,4,9H2,1-3H3. The molecule has 0 radical (unpaired) electrons. The molecule has 0 saturated carbocycles. The maximum atomic E-state index is 12.7. The van der Waals surface area contributed by atoms with Gasteiger partial charge in [0.25, 0.3) is 0 Å². The van der Waals surface area contributed by atoms with E-state index >= 15 is 0 Å². The number of methoxy groups -OCH3 is 2. The molecule has 1 rings (SSSR count). The summed E-state index contributed by atoms with van der Waals surface area (Å²) in [5.41, 5.74) is -0.0542. The van der Waals surface area contributed by atoms with E-state index in [-0.39, 0.29) is 6.04 Å². The zero-order chi connectivity index (χ0) is 15.2. The van der Waals surface area contributed by atoms with Gasteiger partial charge in [0, 0.05) is 14.2 Å². The Morgan fingerprint density at radius 1 is 1.20 bits per heavy atom. The van der Waals surface area contributed by atoms with E-state index in [9.17, 15) is 13.2 Å². The van der Waals surface area contributed by atoms with Crippen LogP contribution in [0, 0.1) is 0 Å². The van der Waals surface area contributed by atoms with Crippen LogP contribution >= 0.6 is 0 Å². The minimum Gasteiger partial charge on any atom is -0.354 e. The van der Waals surface area contributed by atoms with E-state index in [2.05, 4.69) is 5.32 Å². The van der Waals surface area contributed by atoms with Crippen LogP contribution in [0.25, 0.3) is 0 Å². The minimum atomic E-state index is -4.33. The van der Waals surface area contributed by atoms with Crippen molar-refractivity contribution in [3.05, 3.63) is 35.4 Å². The molecule has 1 atom stereocenters. The largest absolute Gasteiger partial charge is 0.416 e. The molecule has 0 aromatic heterocycles. The zero-order valence-electron chi connectivity index (χ0n) is 11.8. The fourth-order valence-electron chi connectivity index (χ4n) is 2.08. The highest BCUT2D eigenvalue weighted by atomic mass is 19.4. The lowest BCUT2D eigenvalue weighted by Gasteiger charge is -2.25. The van der Waals surface area contributed by atoms with Gasteiger partial charge in [0.1, 0.15) is 0 Å². The molecule has 0 spiro atoms. The van der Waals surface area contributed by atoms with Gasteiger partial charge in [0.2, 0.25) is 0 Å². The molecular formula is C14H20F3NO2. The molecular weight excluding hydrogens is 271 g/mol. The summed E-state index contributed by atoms with van der Waals surface area (Å²) >= 11 is 0. The maximum Gasteiger partial charge on any atom is 0.416 e. The van der Waals surface area contributed by atoms with E-state index in [0.717, 1.165) is 12.1 Å². The van der Waals surface area contributed by atoms with Crippen LogP contribution in [0.3, 0.4) is 0 Å². The van der Waals surface area contributed by atoms with Gasteiger partial charge in [-0.15, -0.1) is 0 Å². The van der Waals surface area contributed by atoms with Crippen LogP contribution < -0.4 is 5.32 Å². The first-order valence-corrected chi connectivity index (χ1v) is 6.37. The number of ether oxygens (including phenoxy) is 2. The Balaban J connectivity index is 2.88. The molecule has 1 N–H and O–H groups in total. The quantitative estimate of drug-likeness (QED) is 0.784. The van der Waals surface area contributed by atoms with Crippen LogP contribution in [0.1, 0.15) is 18.1 Å². The molecule has 0 bridgehead atoms. The van der Waals surface area contributed by atoms with E-state index in [4.69, 9.17) is 9.47 Å². The van der Waals surface area contributed by atoms with E-state index in [1.807, 2.05) is 6.92 Å². The van der Waals surface area contributed by atoms with Crippen molar-refractivity contribution in [3.8, 4) is 0 Å². The van der Waals surface area contributed by atoms with E-state index < -0.39 is 18.0 Å². The summed E-state index contributed by atoms with van der Waals surface area (Å²) in [6, 6.07) is 5.10. The Kier molecular flexibility index (Phi) is 6.45. The van der Waals surface area contributed by atoms with Crippen LogP contribution in [-0.4, -0.2) is 33.1 Å². The van der Waals surface area contributed by atoms with E-state index in [1.54, 1.807) is 6.07 Å². The number of hydrogen-bond donors (Lipinski definition) is 1. The van der Waals surface area contributed by atoms with Gasteiger partial charge in [-0.25, -0.2) is 0 Å². The smallest absolute Gasteiger partial charge is 0.354 e. The fraction of sp³-hybridized carbons (Fsp3) is 0.571. The number of likely N-dealkylation sites (N-methyl/N-ethyl adjacent to an activating group) is 1. The van der Waals surface area contributed by atoms with Gasteiger partial charge in [-0.05, 0) is 24.6 Å². The molecule has 1 aromatic rings. The molecule has 0 aliphatic heterocycles. The summed E-state index contributed by atoms with van der Waals surface area (Å²) in [7, 11) is 3.01. The molecule has 0 saturated heterocycles. The monoisotopic (exact) mass is 291 g/mol. The van der Waals surface area contributed by atoms with Crippen molar-refractivity contribution in [1.29, 1.82) is 0 Å². The number of hydrogen-bond acceptors (Lipinski definition) is 3. The maximum absolute atomic E-state index is 12.7. The topological polar surface area (TPSA) is 30.5 Å². The van der Waals surface area contributed by atoms with Crippen molar-refractivity contribution >= 4 is 0 Å². The van der Waals surface area contributed by atoms with Gasteiger partial charge in [0.15, 0.2) is 6.29 Å². The summed E-state index contributed by atoms with van der Waals surface area (Å²) in [6.07, 6.45) is -4.44. The summed E-state index contributed by atoms with van der Waals surface area (Å²) < 4.78 is 48.4. The zero-order valence-corrected chi connectivity index (χ0v) is 11.8. The van der Waals surface area contributed by atoms with Crippen molar-refractivity contribution in [3.63, 3.8) is 0 Å². The first kappa shape index (κ1) is 16.9. The lowest BCUT2D eigenvalue weighted by molar-refractivity contribution is -0.137. The average molecular weight is 291 g/mol. The summed E-state index contributed by atoms with van der Waals surface area (Å²) in [5.74, 6) is 0. The molecule has 0 amide bonds. The number of benzene rings is 1. The number of rotatable bonds is 7. The van der Waals surface area contributed by atoms with E-state index in [1.165, 1.54) is 20.3 Å². The normalized spacial score (nSPS) is 13.8. The molecule has 1 aromatic carbocycles. The van der Waals surface area contributed by atoms with E-state index in [0.29, 0.717) is 18.5 Å². The lowest BCUT2D eigenvalue weighted by atomic mass is 10.0. The van der Waals surface area contributed by atoms with Crippen molar-refractivity contribution in [2.24, 2.45) is 0 Å². The number of halogens is 3. The Labute approximate surface area is 117 Å². The third kappa shape index (κ3) is 4.77. The molecule has 3 nitrogen and oxygen atoms in total. The predicted molar refractivity (Wildman–Crippen MR) is 70.4 cm³/mol. The van der Waals surface area contributed by atoms with Crippen molar-refractivity contribution in [2.75, 3.05) is 20.8 Å². The van der Waals surface area contributed by atoms with Crippen LogP contribution in [0.5, 0.6) is 0 Å². The lowest BCUT2D eigenvalue weighted by Crippen LogP contribution is -2.43. The molecule has 114 valence electrons. The minimum absolute atomic E-state index is 0.210. The van der Waals surface area contributed by atoms with Crippen LogP contribution in [0.15, 0.2) is 24.3 Å². The second-order valence-corrected chi connectivity index (χ2v) is 4.41. The second kappa shape index (κ2) is 7.61. The highest BCUT2D eigenvalue weighted by molar-refractivity contribution is 5.26. The molecule has 1 unspecified atom stereocenters. The van der Waals surface area contributed by atoms with Crippen LogP contribution in [0.4, 0.5) is 13.2 Å². The number of alkyl halides is 3. The fourth-order valence-corrected chi connectivity index (χ4v) is 2.08. The molecule has 0 aliphatic rings. The van der Waals surface area contributed by atoms with Crippen LogP contribution in [0.2, 0.25) is 0 Å². The highest BCUT2D eigenvalue weighted by Gasteiger charge is 2.30. The predicted octanol–water partition coefficient (Wildman–Crippen LogP) is 2.84.